The molecule has 7 heteroatoms. The van der Waals surface area contributed by atoms with Gasteiger partial charge in [-0.25, -0.2) is 13.1 Å². The number of carbonyl (C=O) groups is 1. The number of nitrogens with one attached hydrogen (secondary N) is 1. The van der Waals surface area contributed by atoms with Crippen molar-refractivity contribution in [3.63, 3.8) is 0 Å². The summed E-state index contributed by atoms with van der Waals surface area (Å²) in [6, 6.07) is 3.23. The molecule has 0 saturated heterocycles. The highest BCUT2D eigenvalue weighted by Crippen LogP contribution is 2.05. The number of hydrogen-bond acceptors (Lipinski definition) is 4. The summed E-state index contributed by atoms with van der Waals surface area (Å²) in [6.45, 7) is 1.73. The van der Waals surface area contributed by atoms with E-state index in [1.54, 1.807) is 19.1 Å². The van der Waals surface area contributed by atoms with Crippen LogP contribution in [0.15, 0.2) is 22.8 Å². The van der Waals surface area contributed by atoms with Crippen LogP contribution in [-0.4, -0.2) is 31.3 Å². The predicted octanol–water partition coefficient (Wildman–Crippen LogP) is 0.995. The molecule has 1 atom stereocenters. The van der Waals surface area contributed by atoms with Gasteiger partial charge in [-0.2, -0.15) is 0 Å². The van der Waals surface area contributed by atoms with E-state index in [0.29, 0.717) is 12.2 Å². The van der Waals surface area contributed by atoms with E-state index in [1.165, 1.54) is 6.26 Å². The molecule has 0 aliphatic carbocycles. The monoisotopic (exact) mass is 275 g/mol. The van der Waals surface area contributed by atoms with Crippen LogP contribution in [0.5, 0.6) is 0 Å². The molecule has 6 nitrogen and oxygen atoms in total. The van der Waals surface area contributed by atoms with Gasteiger partial charge in [-0.05, 0) is 25.5 Å². The van der Waals surface area contributed by atoms with Crippen molar-refractivity contribution in [1.82, 2.24) is 4.72 Å². The van der Waals surface area contributed by atoms with Gasteiger partial charge in [0.2, 0.25) is 10.0 Å². The van der Waals surface area contributed by atoms with Crippen LogP contribution in [0.4, 0.5) is 0 Å². The smallest absolute Gasteiger partial charge is 0.303 e. The van der Waals surface area contributed by atoms with Gasteiger partial charge in [-0.3, -0.25) is 4.79 Å². The van der Waals surface area contributed by atoms with Crippen LogP contribution in [0.3, 0.4) is 0 Å². The molecule has 1 rings (SSSR count). The number of hydrogen-bond donors (Lipinski definition) is 2. The van der Waals surface area contributed by atoms with Gasteiger partial charge in [0.1, 0.15) is 5.76 Å². The van der Waals surface area contributed by atoms with E-state index in [9.17, 15) is 13.2 Å². The molecule has 0 aliphatic rings. The number of furan rings is 1. The Balaban J connectivity index is 2.37. The Kier molecular flexibility index (Phi) is 5.36. The van der Waals surface area contributed by atoms with Crippen LogP contribution in [0, 0.1) is 0 Å². The standard InChI is InChI=1S/C11H17NO5S/c1-9(8-10-4-2-6-17-10)12-18(15,16)7-3-5-11(13)14/h2,4,6,9,12H,3,5,7-8H2,1H3,(H,13,14). The van der Waals surface area contributed by atoms with E-state index >= 15 is 0 Å². The summed E-state index contributed by atoms with van der Waals surface area (Å²) in [7, 11) is -3.43. The molecule has 0 amide bonds. The molecule has 18 heavy (non-hydrogen) atoms. The molecular formula is C11H17NO5S. The molecule has 0 aromatic carbocycles. The molecule has 2 N–H and O–H groups in total. The highest BCUT2D eigenvalue weighted by atomic mass is 32.2. The minimum atomic E-state index is -3.43. The Hall–Kier alpha value is -1.34. The van der Waals surface area contributed by atoms with Crippen LogP contribution in [-0.2, 0) is 21.2 Å². The van der Waals surface area contributed by atoms with Gasteiger partial charge in [0.25, 0.3) is 0 Å². The lowest BCUT2D eigenvalue weighted by molar-refractivity contribution is -0.137. The summed E-state index contributed by atoms with van der Waals surface area (Å²) in [4.78, 5) is 10.3. The number of aliphatic carboxylic acids is 1. The van der Waals surface area contributed by atoms with Crippen LogP contribution >= 0.6 is 0 Å². The van der Waals surface area contributed by atoms with Crippen molar-refractivity contribution in [3.8, 4) is 0 Å². The van der Waals surface area contributed by atoms with E-state index in [0.717, 1.165) is 0 Å². The first-order valence-electron chi connectivity index (χ1n) is 5.63. The number of carboxylic acids is 1. The lowest BCUT2D eigenvalue weighted by Gasteiger charge is -2.12. The summed E-state index contributed by atoms with van der Waals surface area (Å²) in [6.07, 6.45) is 1.96. The van der Waals surface area contributed by atoms with Gasteiger partial charge >= 0.3 is 5.97 Å². The highest BCUT2D eigenvalue weighted by Gasteiger charge is 2.15. The molecule has 0 radical (unpaired) electrons. The van der Waals surface area contributed by atoms with Crippen molar-refractivity contribution in [2.24, 2.45) is 0 Å². The minimum absolute atomic E-state index is 0.109. The van der Waals surface area contributed by atoms with E-state index in [2.05, 4.69) is 4.72 Å². The molecular weight excluding hydrogens is 258 g/mol. The first kappa shape index (κ1) is 14.7. The first-order valence-corrected chi connectivity index (χ1v) is 7.28. The molecule has 102 valence electrons. The number of carboxylic acid groups (broad SMARTS) is 1. The molecule has 0 fully saturated rings. The average Bonchev–Trinajstić information content (AvgIpc) is 2.67. The topological polar surface area (TPSA) is 96.6 Å². The summed E-state index contributed by atoms with van der Waals surface area (Å²) in [5.41, 5.74) is 0. The molecule has 1 aromatic rings. The van der Waals surface area contributed by atoms with Crippen molar-refractivity contribution in [2.75, 3.05) is 5.75 Å². The lowest BCUT2D eigenvalue weighted by Crippen LogP contribution is -2.35. The summed E-state index contributed by atoms with van der Waals surface area (Å²) >= 11 is 0. The van der Waals surface area contributed by atoms with E-state index in [4.69, 9.17) is 9.52 Å². The quantitative estimate of drug-likeness (QED) is 0.737. The van der Waals surface area contributed by atoms with E-state index in [1.807, 2.05) is 0 Å². The van der Waals surface area contributed by atoms with E-state index < -0.39 is 16.0 Å². The minimum Gasteiger partial charge on any atom is -0.481 e. The summed E-state index contributed by atoms with van der Waals surface area (Å²) in [5.74, 6) is -0.466. The molecule has 0 bridgehead atoms. The van der Waals surface area contributed by atoms with Crippen molar-refractivity contribution in [2.45, 2.75) is 32.2 Å². The van der Waals surface area contributed by atoms with Gasteiger partial charge in [-0.1, -0.05) is 0 Å². The normalized spacial score (nSPS) is 13.4. The van der Waals surface area contributed by atoms with Crippen LogP contribution in [0.2, 0.25) is 0 Å². The van der Waals surface area contributed by atoms with Gasteiger partial charge < -0.3 is 9.52 Å². The molecule has 1 aromatic heterocycles. The Bertz CT molecular complexity index is 466. The highest BCUT2D eigenvalue weighted by molar-refractivity contribution is 7.89. The van der Waals surface area contributed by atoms with Crippen molar-refractivity contribution in [3.05, 3.63) is 24.2 Å². The van der Waals surface area contributed by atoms with E-state index in [-0.39, 0.29) is 24.6 Å². The average molecular weight is 275 g/mol. The molecule has 0 saturated carbocycles. The van der Waals surface area contributed by atoms with Crippen LogP contribution in [0.25, 0.3) is 0 Å². The molecule has 0 aliphatic heterocycles. The summed E-state index contributed by atoms with van der Waals surface area (Å²) < 4.78 is 30.8. The zero-order chi connectivity index (χ0) is 13.6. The predicted molar refractivity (Wildman–Crippen MR) is 65.7 cm³/mol. The van der Waals surface area contributed by atoms with Gasteiger partial charge in [0, 0.05) is 18.9 Å². The first-order chi connectivity index (χ1) is 8.39. The van der Waals surface area contributed by atoms with Gasteiger partial charge in [0.05, 0.1) is 12.0 Å². The Morgan fingerprint density at radius 1 is 1.56 bits per heavy atom. The van der Waals surface area contributed by atoms with Crippen molar-refractivity contribution in [1.29, 1.82) is 0 Å². The number of sulfonamides is 1. The molecule has 1 unspecified atom stereocenters. The molecule has 0 spiro atoms. The second-order valence-electron chi connectivity index (χ2n) is 4.12. The third-order valence-corrected chi connectivity index (χ3v) is 3.86. The zero-order valence-electron chi connectivity index (χ0n) is 10.1. The second-order valence-corrected chi connectivity index (χ2v) is 5.99. The SMILES string of the molecule is CC(Cc1ccco1)NS(=O)(=O)CCCC(=O)O. The largest absolute Gasteiger partial charge is 0.481 e. The fourth-order valence-corrected chi connectivity index (χ4v) is 2.89. The Morgan fingerprint density at radius 2 is 2.28 bits per heavy atom. The van der Waals surface area contributed by atoms with Crippen LogP contribution < -0.4 is 4.72 Å². The maximum absolute atomic E-state index is 11.6. The second kappa shape index (κ2) is 6.55. The Labute approximate surface area is 106 Å². The van der Waals surface area contributed by atoms with Gasteiger partial charge in [-0.15, -0.1) is 0 Å². The zero-order valence-corrected chi connectivity index (χ0v) is 10.9. The van der Waals surface area contributed by atoms with Crippen LogP contribution in [0.1, 0.15) is 25.5 Å². The number of rotatable bonds is 8. The lowest BCUT2D eigenvalue weighted by atomic mass is 10.2. The Morgan fingerprint density at radius 3 is 2.83 bits per heavy atom. The third-order valence-electron chi connectivity index (χ3n) is 2.27. The van der Waals surface area contributed by atoms with Crippen molar-refractivity contribution < 1.29 is 22.7 Å². The summed E-state index contributed by atoms with van der Waals surface area (Å²) in [5, 5.41) is 8.44. The maximum Gasteiger partial charge on any atom is 0.303 e. The van der Waals surface area contributed by atoms with Gasteiger partial charge in [0.15, 0.2) is 0 Å². The van der Waals surface area contributed by atoms with Crippen molar-refractivity contribution >= 4 is 16.0 Å². The molecule has 1 heterocycles. The maximum atomic E-state index is 11.6. The fourth-order valence-electron chi connectivity index (χ4n) is 1.55. The third kappa shape index (κ3) is 5.83. The fraction of sp³-hybridized carbons (Fsp3) is 0.545.